The summed E-state index contributed by atoms with van der Waals surface area (Å²) in [5.74, 6) is 0.384. The molecule has 9 nitrogen and oxygen atoms in total. The van der Waals surface area contributed by atoms with Gasteiger partial charge < -0.3 is 11.6 Å². The van der Waals surface area contributed by atoms with Crippen LogP contribution in [0.2, 0.25) is 0 Å². The molecule has 0 aliphatic carbocycles. The molecular weight excluding hydrogens is 418 g/mol. The first-order chi connectivity index (χ1) is 13.7. The Bertz CT molecular complexity index is 552. The van der Waals surface area contributed by atoms with Gasteiger partial charge in [-0.1, -0.05) is 72.0 Å². The first-order valence-electron chi connectivity index (χ1n) is 10.6. The van der Waals surface area contributed by atoms with Crippen molar-refractivity contribution < 1.29 is 46.0 Å². The largest absolute Gasteiger partial charge is 1.00 e. The Labute approximate surface area is 220 Å². The maximum Gasteiger partial charge on any atom is 1.00 e. The van der Waals surface area contributed by atoms with Gasteiger partial charge in [-0.25, -0.2) is 0 Å². The predicted octanol–water partition coefficient (Wildman–Crippen LogP) is 3.70. The molecule has 0 aromatic rings. The van der Waals surface area contributed by atoms with Gasteiger partial charge in [0.15, 0.2) is 0 Å². The molecule has 0 aromatic heterocycles. The van der Waals surface area contributed by atoms with Crippen LogP contribution in [0, 0.1) is 23.7 Å². The molecule has 0 amide bonds. The number of carboxylic acids is 1. The van der Waals surface area contributed by atoms with E-state index in [0.717, 1.165) is 25.7 Å². The third-order valence-corrected chi connectivity index (χ3v) is 5.62. The molecule has 3 radical (unpaired) electrons. The van der Waals surface area contributed by atoms with Crippen LogP contribution in [0.25, 0.3) is 20.9 Å². The van der Waals surface area contributed by atoms with Crippen LogP contribution in [0.4, 0.5) is 0 Å². The molecule has 32 heavy (non-hydrogen) atoms. The van der Waals surface area contributed by atoms with Crippen LogP contribution in [0.15, 0.2) is 10.2 Å². The van der Waals surface area contributed by atoms with Gasteiger partial charge in [-0.15, -0.1) is 0 Å². The number of hydrogen-bond donors (Lipinski definition) is 2. The van der Waals surface area contributed by atoms with Gasteiger partial charge in [-0.3, -0.25) is 4.79 Å². The normalized spacial score (nSPS) is 15.0. The Morgan fingerprint density at radius 2 is 1.28 bits per heavy atom. The molecule has 2 unspecified atom stereocenters. The first-order valence-corrected chi connectivity index (χ1v) is 10.6. The molecule has 0 spiro atoms. The Balaban J connectivity index is -0.0000000987. The van der Waals surface area contributed by atoms with Crippen LogP contribution in [0.5, 0.6) is 0 Å². The second-order valence-corrected chi connectivity index (χ2v) is 7.91. The van der Waals surface area contributed by atoms with Crippen molar-refractivity contribution in [3.63, 3.8) is 0 Å². The summed E-state index contributed by atoms with van der Waals surface area (Å²) < 4.78 is 0. The van der Waals surface area contributed by atoms with E-state index in [2.05, 4.69) is 40.8 Å². The van der Waals surface area contributed by atoms with Gasteiger partial charge in [0.1, 0.15) is 0 Å². The van der Waals surface area contributed by atoms with E-state index in [1.807, 2.05) is 20.8 Å². The summed E-state index contributed by atoms with van der Waals surface area (Å²) in [4.78, 5) is 16.1. The summed E-state index contributed by atoms with van der Waals surface area (Å²) in [7, 11) is 0. The minimum atomic E-state index is -0.800. The van der Waals surface area contributed by atoms with E-state index in [0.29, 0.717) is 24.2 Å². The van der Waals surface area contributed by atoms with E-state index < -0.39 is 5.97 Å². The first kappa shape index (κ1) is 41.4. The number of rotatable bonds is 14. The van der Waals surface area contributed by atoms with Gasteiger partial charge in [0.2, 0.25) is 0 Å². The van der Waals surface area contributed by atoms with Gasteiger partial charge in [-0.05, 0) is 54.0 Å². The SMILES string of the molecule is C.CC[C@H](C)C(N=[N+]=[N-])[C@@H](C)CCC(=O)O.CC[C@H](C)C(N=[N+]=[N-])[C@@H](C)CCCO.[B].[H-].[Na+]. The molecule has 0 heterocycles. The molecule has 0 aliphatic rings. The number of hydrogen-bond acceptors (Lipinski definition) is 4. The third-order valence-electron chi connectivity index (χ3n) is 5.62. The van der Waals surface area contributed by atoms with Crippen molar-refractivity contribution in [2.75, 3.05) is 6.61 Å². The minimum absolute atomic E-state index is 0. The van der Waals surface area contributed by atoms with Crippen LogP contribution in [0.1, 0.15) is 88.9 Å². The number of aliphatic hydroxyl groups is 1. The van der Waals surface area contributed by atoms with Crippen LogP contribution in [0.3, 0.4) is 0 Å². The van der Waals surface area contributed by atoms with Gasteiger partial charge in [-0.2, -0.15) is 0 Å². The summed E-state index contributed by atoms with van der Waals surface area (Å²) in [6, 6.07) is -0.0316. The standard InChI is InChI=1S/C10H19N3O2.C10H21N3O.CH4.B.Na.H/c1-4-7(2)10(12-13-11)8(3)5-6-9(14)15;1-4-8(2)10(12-13-11)9(3)6-5-7-14;;;;/h7-8,10H,4-6H2,1-3H3,(H,14,15);8-10,14H,4-7H2,1-3H3;1H4;;;/q;;;;+1;-1/t7-,8-,10?;8-,9-,10?;;;;/m00..../s1. The molecule has 2 N–H and O–H groups in total. The van der Waals surface area contributed by atoms with Crippen molar-refractivity contribution in [2.24, 2.45) is 33.9 Å². The summed E-state index contributed by atoms with van der Waals surface area (Å²) >= 11 is 0. The van der Waals surface area contributed by atoms with Gasteiger partial charge in [0.25, 0.3) is 0 Å². The van der Waals surface area contributed by atoms with E-state index in [4.69, 9.17) is 21.3 Å². The predicted molar refractivity (Wildman–Crippen MR) is 130 cm³/mol. The average molecular weight is 463 g/mol. The quantitative estimate of drug-likeness (QED) is 0.175. The summed E-state index contributed by atoms with van der Waals surface area (Å²) in [6.45, 7) is 12.5. The van der Waals surface area contributed by atoms with Crippen molar-refractivity contribution >= 4 is 14.4 Å². The summed E-state index contributed by atoms with van der Waals surface area (Å²) in [5.41, 5.74) is 16.9. The zero-order chi connectivity index (χ0) is 22.8. The Kier molecular flexibility index (Phi) is 34.1. The van der Waals surface area contributed by atoms with Crippen molar-refractivity contribution in [2.45, 2.75) is 99.6 Å². The number of nitrogens with zero attached hydrogens (tertiary/aromatic N) is 6. The molecule has 6 atom stereocenters. The molecule has 0 rings (SSSR count). The second-order valence-electron chi connectivity index (χ2n) is 7.91. The Morgan fingerprint density at radius 1 is 0.906 bits per heavy atom. The third kappa shape index (κ3) is 19.8. The molecular formula is C21H45BN6NaO3. The number of aliphatic carboxylic acids is 1. The van der Waals surface area contributed by atoms with E-state index in [1.165, 1.54) is 0 Å². The fourth-order valence-corrected chi connectivity index (χ4v) is 3.29. The summed E-state index contributed by atoms with van der Waals surface area (Å²) in [6.07, 6.45) is 4.35. The molecule has 181 valence electrons. The molecule has 11 heteroatoms. The van der Waals surface area contributed by atoms with Crippen molar-refractivity contribution in [3.05, 3.63) is 20.9 Å². The van der Waals surface area contributed by atoms with Gasteiger partial charge in [0.05, 0.1) is 0 Å². The van der Waals surface area contributed by atoms with E-state index in [-0.39, 0.29) is 77.9 Å². The zero-order valence-corrected chi connectivity index (χ0v) is 22.5. The average Bonchev–Trinajstić information content (AvgIpc) is 2.71. The second kappa shape index (κ2) is 26.4. The monoisotopic (exact) mass is 463 g/mol. The smallest absolute Gasteiger partial charge is 1.00 e. The fraction of sp³-hybridized carbons (Fsp3) is 0.952. The van der Waals surface area contributed by atoms with Gasteiger partial charge >= 0.3 is 35.5 Å². The van der Waals surface area contributed by atoms with E-state index >= 15 is 0 Å². The molecule has 0 aliphatic heterocycles. The Hall–Kier alpha value is -0.885. The number of carboxylic acid groups (broad SMARTS) is 1. The minimum Gasteiger partial charge on any atom is -1.00 e. The van der Waals surface area contributed by atoms with Crippen LogP contribution >= 0.6 is 0 Å². The topological polar surface area (TPSA) is 155 Å². The Morgan fingerprint density at radius 3 is 1.56 bits per heavy atom. The van der Waals surface area contributed by atoms with Crippen LogP contribution in [-0.2, 0) is 4.79 Å². The van der Waals surface area contributed by atoms with Gasteiger partial charge in [0, 0.05) is 43.3 Å². The molecule has 0 fully saturated rings. The van der Waals surface area contributed by atoms with E-state index in [1.54, 1.807) is 0 Å². The number of aliphatic hydroxyl groups excluding tert-OH is 1. The van der Waals surface area contributed by atoms with Crippen molar-refractivity contribution in [3.8, 4) is 0 Å². The number of carbonyl (C=O) groups is 1. The zero-order valence-electron chi connectivity index (χ0n) is 21.5. The molecule has 0 bridgehead atoms. The fourth-order valence-electron chi connectivity index (χ4n) is 3.29. The van der Waals surface area contributed by atoms with Crippen molar-refractivity contribution in [1.29, 1.82) is 0 Å². The molecule has 0 aromatic carbocycles. The summed E-state index contributed by atoms with van der Waals surface area (Å²) in [5, 5.41) is 24.9. The van der Waals surface area contributed by atoms with Crippen LogP contribution in [-0.4, -0.2) is 43.3 Å². The molecule has 0 saturated heterocycles. The van der Waals surface area contributed by atoms with Crippen molar-refractivity contribution in [1.82, 2.24) is 0 Å². The number of azide groups is 2. The van der Waals surface area contributed by atoms with Crippen LogP contribution < -0.4 is 29.6 Å². The maximum atomic E-state index is 10.4. The van der Waals surface area contributed by atoms with E-state index in [9.17, 15) is 4.79 Å². The maximum absolute atomic E-state index is 10.4. The molecule has 0 saturated carbocycles.